The van der Waals surface area contributed by atoms with Crippen molar-refractivity contribution in [3.05, 3.63) is 53.7 Å². The summed E-state index contributed by atoms with van der Waals surface area (Å²) in [5, 5.41) is 5.17. The number of carbonyl (C=O) groups excluding carboxylic acids is 2. The molecule has 6 heteroatoms. The molecule has 2 rings (SSSR count). The summed E-state index contributed by atoms with van der Waals surface area (Å²) in [7, 11) is 0. The number of hydrogen-bond acceptors (Lipinski definition) is 3. The van der Waals surface area contributed by atoms with Gasteiger partial charge in [-0.1, -0.05) is 6.07 Å². The molecule has 0 aliphatic heterocycles. The third-order valence-electron chi connectivity index (χ3n) is 2.86. The lowest BCUT2D eigenvalue weighted by Gasteiger charge is -2.08. The van der Waals surface area contributed by atoms with Gasteiger partial charge in [-0.25, -0.2) is 4.39 Å². The smallest absolute Gasteiger partial charge is 0.286 e. The van der Waals surface area contributed by atoms with E-state index in [2.05, 4.69) is 10.6 Å². The Labute approximate surface area is 121 Å². The molecule has 1 aromatic carbocycles. The molecule has 0 aliphatic carbocycles. The zero-order valence-corrected chi connectivity index (χ0v) is 11.5. The molecule has 0 unspecified atom stereocenters. The van der Waals surface area contributed by atoms with Crippen LogP contribution in [0.15, 0.2) is 41.0 Å². The van der Waals surface area contributed by atoms with Crippen LogP contribution in [-0.4, -0.2) is 18.4 Å². The summed E-state index contributed by atoms with van der Waals surface area (Å²) in [4.78, 5) is 23.3. The van der Waals surface area contributed by atoms with E-state index >= 15 is 0 Å². The molecule has 0 aliphatic rings. The van der Waals surface area contributed by atoms with Crippen molar-refractivity contribution in [3.63, 3.8) is 0 Å². The van der Waals surface area contributed by atoms with Crippen LogP contribution in [-0.2, 0) is 4.79 Å². The van der Waals surface area contributed by atoms with Crippen LogP contribution in [0.1, 0.15) is 22.5 Å². The maximum atomic E-state index is 13.1. The Hall–Kier alpha value is -2.63. The molecule has 0 saturated carbocycles. The zero-order chi connectivity index (χ0) is 15.2. The van der Waals surface area contributed by atoms with E-state index in [9.17, 15) is 14.0 Å². The van der Waals surface area contributed by atoms with Gasteiger partial charge in [-0.3, -0.25) is 9.59 Å². The number of hydrogen-bond donors (Lipinski definition) is 2. The summed E-state index contributed by atoms with van der Waals surface area (Å²) in [5.41, 5.74) is 1.20. The Bertz CT molecular complexity index is 638. The first-order valence-electron chi connectivity index (χ1n) is 6.44. The normalized spacial score (nSPS) is 10.2. The highest BCUT2D eigenvalue weighted by Gasteiger charge is 2.09. The predicted octanol–water partition coefficient (Wildman–Crippen LogP) is 2.49. The van der Waals surface area contributed by atoms with Crippen LogP contribution in [0.3, 0.4) is 0 Å². The molecule has 0 bridgehead atoms. The van der Waals surface area contributed by atoms with Crippen molar-refractivity contribution in [1.29, 1.82) is 0 Å². The Morgan fingerprint density at radius 3 is 2.81 bits per heavy atom. The minimum Gasteiger partial charge on any atom is -0.459 e. The van der Waals surface area contributed by atoms with E-state index in [0.717, 1.165) is 5.56 Å². The molecule has 2 aromatic rings. The second kappa shape index (κ2) is 6.69. The van der Waals surface area contributed by atoms with Crippen LogP contribution in [0.5, 0.6) is 0 Å². The van der Waals surface area contributed by atoms with Crippen molar-refractivity contribution >= 4 is 17.5 Å². The lowest BCUT2D eigenvalue weighted by molar-refractivity contribution is -0.116. The number of anilines is 1. The highest BCUT2D eigenvalue weighted by atomic mass is 19.1. The SMILES string of the molecule is Cc1ccc(F)cc1NC(=O)CCNC(=O)c1ccco1. The van der Waals surface area contributed by atoms with E-state index in [1.54, 1.807) is 19.1 Å². The van der Waals surface area contributed by atoms with Gasteiger partial charge in [0.25, 0.3) is 5.91 Å². The van der Waals surface area contributed by atoms with Crippen LogP contribution >= 0.6 is 0 Å². The Morgan fingerprint density at radius 1 is 1.29 bits per heavy atom. The van der Waals surface area contributed by atoms with Gasteiger partial charge in [0.1, 0.15) is 5.82 Å². The van der Waals surface area contributed by atoms with Crippen molar-refractivity contribution in [1.82, 2.24) is 5.32 Å². The second-order valence-corrected chi connectivity index (χ2v) is 4.49. The van der Waals surface area contributed by atoms with Crippen molar-refractivity contribution in [2.24, 2.45) is 0 Å². The molecular formula is C15H15FN2O3. The van der Waals surface area contributed by atoms with Crippen LogP contribution in [0.2, 0.25) is 0 Å². The van der Waals surface area contributed by atoms with Crippen LogP contribution in [0.4, 0.5) is 10.1 Å². The summed E-state index contributed by atoms with van der Waals surface area (Å²) < 4.78 is 18.0. The number of rotatable bonds is 5. The van der Waals surface area contributed by atoms with E-state index in [0.29, 0.717) is 5.69 Å². The fourth-order valence-electron chi connectivity index (χ4n) is 1.73. The van der Waals surface area contributed by atoms with Gasteiger partial charge in [0.15, 0.2) is 5.76 Å². The van der Waals surface area contributed by atoms with Crippen LogP contribution in [0.25, 0.3) is 0 Å². The van der Waals surface area contributed by atoms with E-state index in [1.165, 1.54) is 24.5 Å². The minimum atomic E-state index is -0.415. The van der Waals surface area contributed by atoms with E-state index in [4.69, 9.17) is 4.42 Å². The summed E-state index contributed by atoms with van der Waals surface area (Å²) in [6, 6.07) is 7.31. The second-order valence-electron chi connectivity index (χ2n) is 4.49. The van der Waals surface area contributed by atoms with Gasteiger partial charge in [0.2, 0.25) is 5.91 Å². The molecule has 5 nitrogen and oxygen atoms in total. The molecular weight excluding hydrogens is 275 g/mol. The van der Waals surface area contributed by atoms with Gasteiger partial charge >= 0.3 is 0 Å². The van der Waals surface area contributed by atoms with Crippen LogP contribution in [0, 0.1) is 12.7 Å². The molecule has 110 valence electrons. The highest BCUT2D eigenvalue weighted by molar-refractivity contribution is 5.93. The molecule has 0 fully saturated rings. The Kier molecular flexibility index (Phi) is 4.71. The minimum absolute atomic E-state index is 0.0857. The standard InChI is InChI=1S/C15H15FN2O3/c1-10-4-5-11(16)9-12(10)18-14(19)6-7-17-15(20)13-3-2-8-21-13/h2-5,8-9H,6-7H2,1H3,(H,17,20)(H,18,19). The lowest BCUT2D eigenvalue weighted by Crippen LogP contribution is -2.27. The number of aryl methyl sites for hydroxylation is 1. The summed E-state index contributed by atoms with van der Waals surface area (Å²) in [5.74, 6) is -0.906. The lowest BCUT2D eigenvalue weighted by atomic mass is 10.2. The third kappa shape index (κ3) is 4.17. The van der Waals surface area contributed by atoms with Crippen molar-refractivity contribution in [2.45, 2.75) is 13.3 Å². The quantitative estimate of drug-likeness (QED) is 0.888. The first-order chi connectivity index (χ1) is 10.1. The van der Waals surface area contributed by atoms with Crippen LogP contribution < -0.4 is 10.6 Å². The predicted molar refractivity (Wildman–Crippen MR) is 75.4 cm³/mol. The van der Waals surface area contributed by atoms with Gasteiger partial charge in [0, 0.05) is 18.7 Å². The largest absolute Gasteiger partial charge is 0.459 e. The summed E-state index contributed by atoms with van der Waals surface area (Å²) >= 11 is 0. The topological polar surface area (TPSA) is 71.3 Å². The maximum Gasteiger partial charge on any atom is 0.286 e. The van der Waals surface area contributed by atoms with Gasteiger partial charge in [-0.2, -0.15) is 0 Å². The van der Waals surface area contributed by atoms with Gasteiger partial charge in [0.05, 0.1) is 6.26 Å². The number of furan rings is 1. The molecule has 21 heavy (non-hydrogen) atoms. The Balaban J connectivity index is 1.80. The fourth-order valence-corrected chi connectivity index (χ4v) is 1.73. The van der Waals surface area contributed by atoms with Crippen molar-refractivity contribution in [3.8, 4) is 0 Å². The van der Waals surface area contributed by atoms with E-state index in [1.807, 2.05) is 0 Å². The molecule has 0 atom stereocenters. The number of carbonyl (C=O) groups is 2. The summed E-state index contributed by atoms with van der Waals surface area (Å²) in [6.45, 7) is 1.94. The molecule has 2 N–H and O–H groups in total. The van der Waals surface area contributed by atoms with Gasteiger partial charge in [-0.05, 0) is 36.8 Å². The third-order valence-corrected chi connectivity index (χ3v) is 2.86. The van der Waals surface area contributed by atoms with E-state index in [-0.39, 0.29) is 30.5 Å². The first-order valence-corrected chi connectivity index (χ1v) is 6.44. The first kappa shape index (κ1) is 14.8. The molecule has 1 aromatic heterocycles. The van der Waals surface area contributed by atoms with Crippen molar-refractivity contribution < 1.29 is 18.4 Å². The number of amides is 2. The highest BCUT2D eigenvalue weighted by Crippen LogP contribution is 2.15. The molecule has 0 radical (unpaired) electrons. The number of nitrogens with one attached hydrogen (secondary N) is 2. The van der Waals surface area contributed by atoms with Gasteiger partial charge in [-0.15, -0.1) is 0 Å². The number of halogens is 1. The molecule has 1 heterocycles. The van der Waals surface area contributed by atoms with Crippen molar-refractivity contribution in [2.75, 3.05) is 11.9 Å². The molecule has 0 spiro atoms. The zero-order valence-electron chi connectivity index (χ0n) is 11.5. The van der Waals surface area contributed by atoms with Gasteiger partial charge < -0.3 is 15.1 Å². The number of benzene rings is 1. The summed E-state index contributed by atoms with van der Waals surface area (Å²) in [6.07, 6.45) is 1.48. The molecule has 0 saturated heterocycles. The molecule has 2 amide bonds. The van der Waals surface area contributed by atoms with E-state index < -0.39 is 5.82 Å². The average molecular weight is 290 g/mol. The average Bonchev–Trinajstić information content (AvgIpc) is 2.97. The monoisotopic (exact) mass is 290 g/mol. The maximum absolute atomic E-state index is 13.1. The fraction of sp³-hybridized carbons (Fsp3) is 0.200. The Morgan fingerprint density at radius 2 is 2.10 bits per heavy atom.